The van der Waals surface area contributed by atoms with Crippen molar-refractivity contribution in [3.63, 3.8) is 0 Å². The van der Waals surface area contributed by atoms with E-state index >= 15 is 0 Å². The summed E-state index contributed by atoms with van der Waals surface area (Å²) in [5.74, 6) is 0.267. The first-order valence-electron chi connectivity index (χ1n) is 10.4. The number of cyclic esters (lactones) is 1. The number of ether oxygens (including phenoxy) is 3. The van der Waals surface area contributed by atoms with Crippen LogP contribution in [0.15, 0.2) is 53.6 Å². The summed E-state index contributed by atoms with van der Waals surface area (Å²) in [4.78, 5) is 24.8. The molecule has 3 unspecified atom stereocenters. The van der Waals surface area contributed by atoms with E-state index in [4.69, 9.17) is 14.2 Å². The summed E-state index contributed by atoms with van der Waals surface area (Å²) in [5, 5.41) is 0. The number of hydrogen-bond acceptors (Lipinski definition) is 5. The molecule has 0 saturated heterocycles. The lowest BCUT2D eigenvalue weighted by atomic mass is 9.51. The zero-order chi connectivity index (χ0) is 21.5. The van der Waals surface area contributed by atoms with E-state index in [1.165, 1.54) is 6.08 Å². The second-order valence-corrected chi connectivity index (χ2v) is 9.15. The zero-order valence-corrected chi connectivity index (χ0v) is 17.9. The highest BCUT2D eigenvalue weighted by Gasteiger charge is 2.57. The van der Waals surface area contributed by atoms with Crippen molar-refractivity contribution in [2.45, 2.75) is 39.7 Å². The molecule has 0 aromatic heterocycles. The van der Waals surface area contributed by atoms with Gasteiger partial charge in [-0.3, -0.25) is 0 Å². The number of fused-ring (bicyclic) bond motifs is 2. The van der Waals surface area contributed by atoms with Gasteiger partial charge < -0.3 is 14.2 Å². The van der Waals surface area contributed by atoms with Crippen molar-refractivity contribution >= 4 is 18.0 Å². The molecule has 4 rings (SSSR count). The zero-order valence-electron chi connectivity index (χ0n) is 17.9. The number of methoxy groups -OCH3 is 1. The third kappa shape index (κ3) is 3.36. The van der Waals surface area contributed by atoms with Gasteiger partial charge in [0.05, 0.1) is 12.7 Å². The maximum atomic E-state index is 12.7. The molecule has 5 heteroatoms. The standard InChI is InChI=1S/C25H28O5/c1-24(2)14-13-21(25(3)19-15-29-23(27)18(19)10-11-20(24)25)30-22(26)12-7-16-5-8-17(28-4)9-6-16/h5-12,20-21H,13-15H2,1-4H3. The Balaban J connectivity index is 1.56. The van der Waals surface area contributed by atoms with Crippen LogP contribution in [-0.2, 0) is 19.1 Å². The lowest BCUT2D eigenvalue weighted by Crippen LogP contribution is -2.53. The summed E-state index contributed by atoms with van der Waals surface area (Å²) < 4.78 is 16.5. The second-order valence-electron chi connectivity index (χ2n) is 9.15. The quantitative estimate of drug-likeness (QED) is 0.543. The molecule has 1 heterocycles. The van der Waals surface area contributed by atoms with E-state index in [0.717, 1.165) is 29.7 Å². The second kappa shape index (κ2) is 7.46. The van der Waals surface area contributed by atoms with Crippen LogP contribution in [0.5, 0.6) is 5.75 Å². The summed E-state index contributed by atoms with van der Waals surface area (Å²) in [6, 6.07) is 7.46. The number of hydrogen-bond donors (Lipinski definition) is 0. The van der Waals surface area contributed by atoms with Gasteiger partial charge in [0.15, 0.2) is 0 Å². The minimum atomic E-state index is -0.457. The Morgan fingerprint density at radius 1 is 1.20 bits per heavy atom. The van der Waals surface area contributed by atoms with Crippen LogP contribution in [0.4, 0.5) is 0 Å². The predicted octanol–water partition coefficient (Wildman–Crippen LogP) is 4.49. The van der Waals surface area contributed by atoms with Crippen LogP contribution >= 0.6 is 0 Å². The molecule has 1 aromatic rings. The summed E-state index contributed by atoms with van der Waals surface area (Å²) in [5.41, 5.74) is 2.06. The molecular weight excluding hydrogens is 380 g/mol. The molecule has 3 atom stereocenters. The van der Waals surface area contributed by atoms with Crippen LogP contribution in [-0.4, -0.2) is 31.8 Å². The van der Waals surface area contributed by atoms with Crippen molar-refractivity contribution in [2.24, 2.45) is 16.7 Å². The molecule has 0 spiro atoms. The van der Waals surface area contributed by atoms with E-state index in [1.807, 2.05) is 30.3 Å². The largest absolute Gasteiger partial charge is 0.497 e. The Morgan fingerprint density at radius 2 is 1.93 bits per heavy atom. The third-order valence-corrected chi connectivity index (χ3v) is 6.99. The van der Waals surface area contributed by atoms with Gasteiger partial charge in [-0.05, 0) is 53.5 Å². The third-order valence-electron chi connectivity index (χ3n) is 6.99. The SMILES string of the molecule is COc1ccc(C=CC(=O)OC2CCC(C)(C)C3C=CC4=C(COC4=O)C23C)cc1. The predicted molar refractivity (Wildman–Crippen MR) is 114 cm³/mol. The molecule has 2 aliphatic carbocycles. The van der Waals surface area contributed by atoms with E-state index in [2.05, 4.69) is 26.8 Å². The van der Waals surface area contributed by atoms with E-state index in [0.29, 0.717) is 5.57 Å². The molecule has 1 fully saturated rings. The molecule has 0 N–H and O–H groups in total. The molecule has 1 aromatic carbocycles. The molecule has 30 heavy (non-hydrogen) atoms. The smallest absolute Gasteiger partial charge is 0.338 e. The number of benzene rings is 1. The van der Waals surface area contributed by atoms with Gasteiger partial charge in [-0.1, -0.05) is 45.1 Å². The van der Waals surface area contributed by atoms with Gasteiger partial charge in [-0.15, -0.1) is 0 Å². The number of allylic oxidation sites excluding steroid dienone is 1. The number of carbonyl (C=O) groups is 2. The molecule has 158 valence electrons. The molecule has 0 bridgehead atoms. The van der Waals surface area contributed by atoms with Crippen LogP contribution in [0.1, 0.15) is 39.2 Å². The van der Waals surface area contributed by atoms with Crippen molar-refractivity contribution in [1.82, 2.24) is 0 Å². The van der Waals surface area contributed by atoms with Crippen LogP contribution in [0.25, 0.3) is 6.08 Å². The fourth-order valence-corrected chi connectivity index (χ4v) is 5.28. The van der Waals surface area contributed by atoms with Gasteiger partial charge in [0, 0.05) is 11.5 Å². The van der Waals surface area contributed by atoms with Crippen LogP contribution in [0.2, 0.25) is 0 Å². The fraction of sp³-hybridized carbons (Fsp3) is 0.440. The van der Waals surface area contributed by atoms with E-state index in [1.54, 1.807) is 13.2 Å². The molecule has 5 nitrogen and oxygen atoms in total. The van der Waals surface area contributed by atoms with Gasteiger partial charge in [-0.2, -0.15) is 0 Å². The minimum absolute atomic E-state index is 0.0389. The lowest BCUT2D eigenvalue weighted by Gasteiger charge is -2.54. The normalized spacial score (nSPS) is 29.4. The first-order valence-corrected chi connectivity index (χ1v) is 10.4. The Labute approximate surface area is 177 Å². The molecule has 3 aliphatic rings. The van der Waals surface area contributed by atoms with Crippen molar-refractivity contribution in [2.75, 3.05) is 13.7 Å². The summed E-state index contributed by atoms with van der Waals surface area (Å²) in [7, 11) is 1.62. The topological polar surface area (TPSA) is 61.8 Å². The molecule has 1 saturated carbocycles. The fourth-order valence-electron chi connectivity index (χ4n) is 5.28. The van der Waals surface area contributed by atoms with Crippen LogP contribution in [0.3, 0.4) is 0 Å². The Hall–Kier alpha value is -2.82. The van der Waals surface area contributed by atoms with E-state index in [-0.39, 0.29) is 36.0 Å². The molecule has 0 amide bonds. The van der Waals surface area contributed by atoms with Crippen LogP contribution < -0.4 is 4.74 Å². The average molecular weight is 408 g/mol. The first-order chi connectivity index (χ1) is 14.3. The molecule has 0 radical (unpaired) electrons. The highest BCUT2D eigenvalue weighted by atomic mass is 16.5. The monoisotopic (exact) mass is 408 g/mol. The van der Waals surface area contributed by atoms with Gasteiger partial charge in [-0.25, -0.2) is 9.59 Å². The molecular formula is C25H28O5. The molecule has 1 aliphatic heterocycles. The van der Waals surface area contributed by atoms with Gasteiger partial charge >= 0.3 is 11.9 Å². The maximum Gasteiger partial charge on any atom is 0.338 e. The van der Waals surface area contributed by atoms with E-state index in [9.17, 15) is 9.59 Å². The van der Waals surface area contributed by atoms with Crippen molar-refractivity contribution in [3.8, 4) is 5.75 Å². The minimum Gasteiger partial charge on any atom is -0.497 e. The maximum absolute atomic E-state index is 12.7. The summed E-state index contributed by atoms with van der Waals surface area (Å²) in [6.07, 6.45) is 8.58. The summed E-state index contributed by atoms with van der Waals surface area (Å²) >= 11 is 0. The number of rotatable bonds is 4. The highest BCUT2D eigenvalue weighted by molar-refractivity contribution is 5.95. The highest BCUT2D eigenvalue weighted by Crippen LogP contribution is 2.59. The van der Waals surface area contributed by atoms with Crippen LogP contribution in [0, 0.1) is 16.7 Å². The average Bonchev–Trinajstić information content (AvgIpc) is 3.11. The van der Waals surface area contributed by atoms with Crippen molar-refractivity contribution in [3.05, 3.63) is 59.2 Å². The van der Waals surface area contributed by atoms with Crippen molar-refractivity contribution in [1.29, 1.82) is 0 Å². The van der Waals surface area contributed by atoms with Gasteiger partial charge in [0.2, 0.25) is 0 Å². The number of carbonyl (C=O) groups excluding carboxylic acids is 2. The Kier molecular flexibility index (Phi) is 5.08. The van der Waals surface area contributed by atoms with Crippen molar-refractivity contribution < 1.29 is 23.8 Å². The summed E-state index contributed by atoms with van der Waals surface area (Å²) in [6.45, 7) is 6.87. The first kappa shape index (κ1) is 20.5. The van der Waals surface area contributed by atoms with E-state index < -0.39 is 5.41 Å². The van der Waals surface area contributed by atoms with Gasteiger partial charge in [0.1, 0.15) is 18.5 Å². The lowest BCUT2D eigenvalue weighted by molar-refractivity contribution is -0.158. The number of esters is 2. The Bertz CT molecular complexity index is 950. The van der Waals surface area contributed by atoms with Gasteiger partial charge in [0.25, 0.3) is 0 Å². The Morgan fingerprint density at radius 3 is 2.63 bits per heavy atom.